The van der Waals surface area contributed by atoms with Crippen LogP contribution in [-0.4, -0.2) is 59.5 Å². The van der Waals surface area contributed by atoms with Crippen molar-refractivity contribution in [2.24, 2.45) is 7.05 Å². The number of thiophene rings is 1. The minimum atomic E-state index is -0.453. The number of Topliss-reactive ketones (excluding diaryl/α,β-unsaturated/α-hetero) is 1. The van der Waals surface area contributed by atoms with Crippen molar-refractivity contribution in [1.82, 2.24) is 9.47 Å². The second-order valence-electron chi connectivity index (χ2n) is 7.43. The van der Waals surface area contributed by atoms with Crippen LogP contribution in [-0.2, 0) is 16.5 Å². The zero-order valence-corrected chi connectivity index (χ0v) is 18.7. The summed E-state index contributed by atoms with van der Waals surface area (Å²) in [5.74, 6) is -0.824. The standard InChI is InChI=1S/C22H28N2O5S/c1-5-28-22(27)20-14(2)19(15(3)23(20)4)17(25)13-24(12-16-8-6-10-29-16)21(26)18-9-7-11-30-18/h7,9,11,16H,5-6,8,10,12-13H2,1-4H3. The average Bonchev–Trinajstić information content (AvgIpc) is 3.44. The normalized spacial score (nSPS) is 15.9. The Bertz CT molecular complexity index is 926. The number of hydrogen-bond donors (Lipinski definition) is 0. The number of aromatic nitrogens is 1. The highest BCUT2D eigenvalue weighted by atomic mass is 32.1. The summed E-state index contributed by atoms with van der Waals surface area (Å²) in [7, 11) is 1.74. The number of nitrogens with zero attached hydrogens (tertiary/aromatic N) is 2. The Morgan fingerprint density at radius 1 is 1.33 bits per heavy atom. The molecule has 0 aliphatic carbocycles. The van der Waals surface area contributed by atoms with Crippen LogP contribution in [0.3, 0.4) is 0 Å². The third-order valence-electron chi connectivity index (χ3n) is 5.48. The van der Waals surface area contributed by atoms with Crippen LogP contribution in [0.4, 0.5) is 0 Å². The van der Waals surface area contributed by atoms with E-state index in [1.165, 1.54) is 11.3 Å². The van der Waals surface area contributed by atoms with Gasteiger partial charge in [-0.25, -0.2) is 4.79 Å². The van der Waals surface area contributed by atoms with Crippen molar-refractivity contribution < 1.29 is 23.9 Å². The van der Waals surface area contributed by atoms with Gasteiger partial charge in [-0.3, -0.25) is 9.59 Å². The van der Waals surface area contributed by atoms with Crippen molar-refractivity contribution in [1.29, 1.82) is 0 Å². The third-order valence-corrected chi connectivity index (χ3v) is 6.34. The minimum Gasteiger partial charge on any atom is -0.461 e. The number of ether oxygens (including phenoxy) is 2. The Labute approximate surface area is 180 Å². The van der Waals surface area contributed by atoms with Crippen molar-refractivity contribution in [3.63, 3.8) is 0 Å². The fourth-order valence-corrected chi connectivity index (χ4v) is 4.63. The van der Waals surface area contributed by atoms with Gasteiger partial charge in [0.2, 0.25) is 0 Å². The summed E-state index contributed by atoms with van der Waals surface area (Å²) >= 11 is 1.35. The van der Waals surface area contributed by atoms with Crippen molar-refractivity contribution in [3.05, 3.63) is 44.9 Å². The lowest BCUT2D eigenvalue weighted by Gasteiger charge is -2.24. The van der Waals surface area contributed by atoms with Gasteiger partial charge in [-0.05, 0) is 50.6 Å². The molecule has 1 aliphatic heterocycles. The first-order chi connectivity index (χ1) is 14.3. The van der Waals surface area contributed by atoms with Crippen molar-refractivity contribution in [3.8, 4) is 0 Å². The Morgan fingerprint density at radius 3 is 2.70 bits per heavy atom. The van der Waals surface area contributed by atoms with E-state index in [-0.39, 0.29) is 30.9 Å². The third kappa shape index (κ3) is 4.49. The summed E-state index contributed by atoms with van der Waals surface area (Å²) in [5.41, 5.74) is 2.10. The van der Waals surface area contributed by atoms with Gasteiger partial charge in [0.15, 0.2) is 5.78 Å². The fraction of sp³-hybridized carbons (Fsp3) is 0.500. The Hall–Kier alpha value is -2.45. The summed E-state index contributed by atoms with van der Waals surface area (Å²) in [4.78, 5) is 40.9. The van der Waals surface area contributed by atoms with E-state index in [0.29, 0.717) is 40.5 Å². The molecule has 0 aromatic carbocycles. The predicted molar refractivity (Wildman–Crippen MR) is 114 cm³/mol. The molecule has 1 saturated heterocycles. The molecule has 3 heterocycles. The van der Waals surface area contributed by atoms with Gasteiger partial charge >= 0.3 is 5.97 Å². The summed E-state index contributed by atoms with van der Waals surface area (Å²) in [6.45, 7) is 6.54. The van der Waals surface area contributed by atoms with Crippen LogP contribution >= 0.6 is 11.3 Å². The largest absolute Gasteiger partial charge is 0.461 e. The van der Waals surface area contributed by atoms with Gasteiger partial charge in [-0.1, -0.05) is 6.07 Å². The Balaban J connectivity index is 1.87. The molecule has 0 bridgehead atoms. The van der Waals surface area contributed by atoms with Crippen molar-refractivity contribution in [2.75, 3.05) is 26.3 Å². The van der Waals surface area contributed by atoms with E-state index < -0.39 is 5.97 Å². The van der Waals surface area contributed by atoms with Crippen molar-refractivity contribution >= 4 is 29.0 Å². The minimum absolute atomic E-state index is 0.0604. The first kappa shape index (κ1) is 22.2. The summed E-state index contributed by atoms with van der Waals surface area (Å²) < 4.78 is 12.5. The molecule has 1 atom stereocenters. The molecule has 0 radical (unpaired) electrons. The first-order valence-corrected chi connectivity index (χ1v) is 11.0. The zero-order valence-electron chi connectivity index (χ0n) is 17.9. The van der Waals surface area contributed by atoms with Crippen LogP contribution < -0.4 is 0 Å². The van der Waals surface area contributed by atoms with Gasteiger partial charge < -0.3 is 18.9 Å². The van der Waals surface area contributed by atoms with E-state index in [4.69, 9.17) is 9.47 Å². The van der Waals surface area contributed by atoms with Crippen LogP contribution in [0.5, 0.6) is 0 Å². The monoisotopic (exact) mass is 432 g/mol. The lowest BCUT2D eigenvalue weighted by Crippen LogP contribution is -2.40. The number of carbonyl (C=O) groups excluding carboxylic acids is 3. The molecule has 8 heteroatoms. The maximum absolute atomic E-state index is 13.3. The van der Waals surface area contributed by atoms with Crippen LogP contribution in [0.15, 0.2) is 17.5 Å². The molecular formula is C22H28N2O5S. The van der Waals surface area contributed by atoms with E-state index in [1.807, 2.05) is 11.4 Å². The second kappa shape index (κ2) is 9.57. The number of amides is 1. The molecular weight excluding hydrogens is 404 g/mol. The van der Waals surface area contributed by atoms with E-state index >= 15 is 0 Å². The van der Waals surface area contributed by atoms with Crippen molar-refractivity contribution in [2.45, 2.75) is 39.7 Å². The molecule has 30 heavy (non-hydrogen) atoms. The van der Waals surface area contributed by atoms with Crippen LogP contribution in [0.25, 0.3) is 0 Å². The highest BCUT2D eigenvalue weighted by Crippen LogP contribution is 2.24. The van der Waals surface area contributed by atoms with Gasteiger partial charge in [-0.2, -0.15) is 0 Å². The fourth-order valence-electron chi connectivity index (χ4n) is 3.94. The Kier molecular flexibility index (Phi) is 7.10. The lowest BCUT2D eigenvalue weighted by atomic mass is 10.0. The van der Waals surface area contributed by atoms with E-state index in [1.54, 1.807) is 43.4 Å². The van der Waals surface area contributed by atoms with Gasteiger partial charge in [0.1, 0.15) is 5.69 Å². The molecule has 0 saturated carbocycles. The molecule has 1 unspecified atom stereocenters. The molecule has 1 fully saturated rings. The molecule has 2 aromatic rings. The molecule has 162 valence electrons. The van der Waals surface area contributed by atoms with E-state index in [9.17, 15) is 14.4 Å². The topological polar surface area (TPSA) is 77.8 Å². The smallest absolute Gasteiger partial charge is 0.355 e. The van der Waals surface area contributed by atoms with Crippen LogP contribution in [0.1, 0.15) is 61.5 Å². The number of hydrogen-bond acceptors (Lipinski definition) is 6. The Morgan fingerprint density at radius 2 is 2.10 bits per heavy atom. The van der Waals surface area contributed by atoms with E-state index in [0.717, 1.165) is 12.8 Å². The van der Waals surface area contributed by atoms with Gasteiger partial charge in [0.25, 0.3) is 5.91 Å². The summed E-state index contributed by atoms with van der Waals surface area (Å²) in [5, 5.41) is 1.84. The van der Waals surface area contributed by atoms with Crippen LogP contribution in [0.2, 0.25) is 0 Å². The summed E-state index contributed by atoms with van der Waals surface area (Å²) in [6, 6.07) is 3.58. The second-order valence-corrected chi connectivity index (χ2v) is 8.38. The average molecular weight is 433 g/mol. The van der Waals surface area contributed by atoms with Crippen LogP contribution in [0, 0.1) is 13.8 Å². The van der Waals surface area contributed by atoms with E-state index in [2.05, 4.69) is 0 Å². The quantitative estimate of drug-likeness (QED) is 0.472. The highest BCUT2D eigenvalue weighted by molar-refractivity contribution is 7.12. The SMILES string of the molecule is CCOC(=O)c1c(C)c(C(=O)CN(CC2CCCO2)C(=O)c2cccs2)c(C)n1C. The first-order valence-electron chi connectivity index (χ1n) is 10.2. The maximum Gasteiger partial charge on any atom is 0.355 e. The zero-order chi connectivity index (χ0) is 21.8. The number of ketones is 1. The summed E-state index contributed by atoms with van der Waals surface area (Å²) in [6.07, 6.45) is 1.77. The molecule has 1 aliphatic rings. The molecule has 7 nitrogen and oxygen atoms in total. The molecule has 2 aromatic heterocycles. The number of esters is 1. The van der Waals surface area contributed by atoms with Gasteiger partial charge in [0.05, 0.1) is 24.1 Å². The molecule has 1 amide bonds. The van der Waals surface area contributed by atoms with Gasteiger partial charge in [0, 0.05) is 31.5 Å². The number of carbonyl (C=O) groups is 3. The predicted octanol–water partition coefficient (Wildman–Crippen LogP) is 3.38. The number of rotatable bonds is 8. The lowest BCUT2D eigenvalue weighted by molar-refractivity contribution is 0.0508. The molecule has 3 rings (SSSR count). The molecule has 0 N–H and O–H groups in total. The molecule has 0 spiro atoms. The maximum atomic E-state index is 13.3. The van der Waals surface area contributed by atoms with Gasteiger partial charge in [-0.15, -0.1) is 11.3 Å². The highest BCUT2D eigenvalue weighted by Gasteiger charge is 2.30.